The summed E-state index contributed by atoms with van der Waals surface area (Å²) in [5.74, 6) is -3.93. The van der Waals surface area contributed by atoms with Gasteiger partial charge in [-0.15, -0.1) is 0 Å². The molecule has 3 aromatic carbocycles. The number of hydrogen-bond acceptors (Lipinski definition) is 10. The van der Waals surface area contributed by atoms with Crippen molar-refractivity contribution in [2.45, 2.75) is 38.5 Å². The molecule has 0 amide bonds. The summed E-state index contributed by atoms with van der Waals surface area (Å²) in [5, 5.41) is 9.57. The Labute approximate surface area is 230 Å². The zero-order valence-electron chi connectivity index (χ0n) is 21.9. The van der Waals surface area contributed by atoms with Gasteiger partial charge >= 0.3 is 23.9 Å². The van der Waals surface area contributed by atoms with Crippen molar-refractivity contribution in [1.82, 2.24) is 0 Å². The highest BCUT2D eigenvalue weighted by atomic mass is 16.6. The van der Waals surface area contributed by atoms with E-state index in [1.807, 2.05) is 0 Å². The molecule has 3 N–H and O–H groups in total. The fraction of sp³-hybridized carbons (Fsp3) is 0.200. The summed E-state index contributed by atoms with van der Waals surface area (Å²) in [5.41, 5.74) is 6.88. The summed E-state index contributed by atoms with van der Waals surface area (Å²) >= 11 is 0. The lowest BCUT2D eigenvalue weighted by Gasteiger charge is -2.18. The molecule has 0 fully saturated rings. The van der Waals surface area contributed by atoms with Gasteiger partial charge in [0.05, 0.1) is 17.2 Å². The van der Waals surface area contributed by atoms with Gasteiger partial charge in [0.25, 0.3) is 0 Å². The normalized spacial score (nSPS) is 12.8. The molecule has 0 spiro atoms. The topological polar surface area (TPSA) is 151 Å². The summed E-state index contributed by atoms with van der Waals surface area (Å²) in [7, 11) is 0. The first kappa shape index (κ1) is 29.6. The van der Waals surface area contributed by atoms with Crippen LogP contribution < -0.4 is 15.2 Å². The fourth-order valence-corrected chi connectivity index (χ4v) is 3.30. The molecule has 3 atom stereocenters. The molecule has 0 saturated heterocycles. The molecule has 0 bridgehead atoms. The van der Waals surface area contributed by atoms with Gasteiger partial charge in [0, 0.05) is 0 Å². The van der Waals surface area contributed by atoms with Crippen LogP contribution in [-0.4, -0.2) is 47.2 Å². The van der Waals surface area contributed by atoms with Gasteiger partial charge in [0.15, 0.2) is 23.7 Å². The lowest BCUT2D eigenvalue weighted by atomic mass is 10.0. The molecule has 3 aromatic rings. The monoisotopic (exact) mass is 547 g/mol. The number of carbonyl (C=O) groups is 4. The number of hydrogen-bond donors (Lipinski definition) is 2. The Morgan fingerprint density at radius 3 is 1.65 bits per heavy atom. The van der Waals surface area contributed by atoms with Crippen LogP contribution in [0.1, 0.15) is 40.1 Å². The smallest absolute Gasteiger partial charge is 0.352 e. The van der Waals surface area contributed by atoms with Gasteiger partial charge in [0.2, 0.25) is 0 Å². The van der Waals surface area contributed by atoms with Crippen molar-refractivity contribution in [1.29, 1.82) is 0 Å². The minimum Gasteiger partial charge on any atom is -0.511 e. The number of benzene rings is 3. The number of esters is 4. The van der Waals surface area contributed by atoms with E-state index in [0.717, 1.165) is 0 Å². The second kappa shape index (κ2) is 13.7. The standard InChI is InChI=1S/C30H29NO9/c1-18(32)24(31)16-21-14-15-25(39-27(33)19(2)37-29(35)22-10-6-4-7-11-22)26(17-21)40-28(34)20(3)38-30(36)23-12-8-5-9-13-23/h4-15,17,19-20,24,32H,1,16,31H2,2-3H3/t19-,20-,24-/m0/s1. The van der Waals surface area contributed by atoms with E-state index in [4.69, 9.17) is 24.7 Å². The molecule has 0 aromatic heterocycles. The van der Waals surface area contributed by atoms with Gasteiger partial charge in [-0.2, -0.15) is 0 Å². The molecule has 10 heteroatoms. The SMILES string of the molecule is C=C(O)[C@@H](N)Cc1ccc(OC(=O)[C@H](C)OC(=O)c2ccccc2)c(OC(=O)[C@H](C)OC(=O)c2ccccc2)c1. The summed E-state index contributed by atoms with van der Waals surface area (Å²) in [6.45, 7) is 6.07. The van der Waals surface area contributed by atoms with E-state index < -0.39 is 42.1 Å². The minimum absolute atomic E-state index is 0.123. The molecule has 0 saturated carbocycles. The van der Waals surface area contributed by atoms with Crippen LogP contribution >= 0.6 is 0 Å². The Bertz CT molecular complexity index is 1370. The van der Waals surface area contributed by atoms with E-state index in [2.05, 4.69) is 6.58 Å². The molecule has 0 radical (unpaired) electrons. The van der Waals surface area contributed by atoms with Crippen molar-refractivity contribution in [3.05, 3.63) is 108 Å². The number of nitrogens with two attached hydrogens (primary N) is 1. The third-order valence-electron chi connectivity index (χ3n) is 5.56. The van der Waals surface area contributed by atoms with Gasteiger partial charge in [-0.3, -0.25) is 0 Å². The van der Waals surface area contributed by atoms with E-state index in [1.165, 1.54) is 50.2 Å². The second-order valence-electron chi connectivity index (χ2n) is 8.75. The molecule has 0 aliphatic carbocycles. The van der Waals surface area contributed by atoms with E-state index in [1.54, 1.807) is 42.5 Å². The average molecular weight is 548 g/mol. The number of carbonyl (C=O) groups excluding carboxylic acids is 4. The third-order valence-corrected chi connectivity index (χ3v) is 5.56. The Balaban J connectivity index is 1.76. The maximum absolute atomic E-state index is 12.8. The largest absolute Gasteiger partial charge is 0.511 e. The Kier molecular flexibility index (Phi) is 10.2. The van der Waals surface area contributed by atoms with Crippen LogP contribution in [0.4, 0.5) is 0 Å². The molecule has 0 aliphatic rings. The molecule has 3 rings (SSSR count). The van der Waals surface area contributed by atoms with Crippen molar-refractivity contribution in [3.8, 4) is 11.5 Å². The molecular weight excluding hydrogens is 518 g/mol. The van der Waals surface area contributed by atoms with Gasteiger partial charge < -0.3 is 29.8 Å². The number of aliphatic hydroxyl groups excluding tert-OH is 1. The van der Waals surface area contributed by atoms with Crippen molar-refractivity contribution < 1.29 is 43.2 Å². The molecule has 10 nitrogen and oxygen atoms in total. The molecule has 40 heavy (non-hydrogen) atoms. The number of rotatable bonds is 11. The van der Waals surface area contributed by atoms with Gasteiger partial charge in [-0.05, 0) is 62.2 Å². The van der Waals surface area contributed by atoms with Crippen molar-refractivity contribution in [2.75, 3.05) is 0 Å². The van der Waals surface area contributed by atoms with Crippen LogP contribution in [0, 0.1) is 0 Å². The summed E-state index contributed by atoms with van der Waals surface area (Å²) in [6.07, 6.45) is -2.49. The third kappa shape index (κ3) is 8.27. The van der Waals surface area contributed by atoms with Crippen LogP contribution in [0.5, 0.6) is 11.5 Å². The Morgan fingerprint density at radius 1 is 0.750 bits per heavy atom. The highest BCUT2D eigenvalue weighted by molar-refractivity contribution is 5.92. The molecule has 0 aliphatic heterocycles. The first-order chi connectivity index (χ1) is 19.0. The average Bonchev–Trinajstić information content (AvgIpc) is 2.94. The molecule has 208 valence electrons. The predicted molar refractivity (Wildman–Crippen MR) is 144 cm³/mol. The van der Waals surface area contributed by atoms with Crippen LogP contribution in [-0.2, 0) is 25.5 Å². The maximum Gasteiger partial charge on any atom is 0.352 e. The minimum atomic E-state index is -1.31. The Morgan fingerprint density at radius 2 is 1.20 bits per heavy atom. The zero-order valence-corrected chi connectivity index (χ0v) is 21.9. The second-order valence-corrected chi connectivity index (χ2v) is 8.75. The maximum atomic E-state index is 12.8. The lowest BCUT2D eigenvalue weighted by Crippen LogP contribution is -2.30. The summed E-state index contributed by atoms with van der Waals surface area (Å²) in [4.78, 5) is 50.2. The summed E-state index contributed by atoms with van der Waals surface area (Å²) in [6, 6.07) is 19.7. The van der Waals surface area contributed by atoms with Crippen LogP contribution in [0.2, 0.25) is 0 Å². The number of aliphatic hydroxyl groups is 1. The van der Waals surface area contributed by atoms with Crippen molar-refractivity contribution in [3.63, 3.8) is 0 Å². The highest BCUT2D eigenvalue weighted by Crippen LogP contribution is 2.30. The van der Waals surface area contributed by atoms with Gasteiger partial charge in [-0.25, -0.2) is 19.2 Å². The van der Waals surface area contributed by atoms with Crippen LogP contribution in [0.3, 0.4) is 0 Å². The highest BCUT2D eigenvalue weighted by Gasteiger charge is 2.26. The molecule has 0 heterocycles. The predicted octanol–water partition coefficient (Wildman–Crippen LogP) is 3.93. The van der Waals surface area contributed by atoms with Crippen molar-refractivity contribution in [2.24, 2.45) is 5.73 Å². The first-order valence-corrected chi connectivity index (χ1v) is 12.3. The van der Waals surface area contributed by atoms with E-state index >= 15 is 0 Å². The Hall–Kier alpha value is -4.96. The van der Waals surface area contributed by atoms with E-state index in [0.29, 0.717) is 5.56 Å². The van der Waals surface area contributed by atoms with Gasteiger partial charge in [0.1, 0.15) is 5.76 Å². The zero-order chi connectivity index (χ0) is 29.2. The number of ether oxygens (including phenoxy) is 4. The van der Waals surface area contributed by atoms with Crippen molar-refractivity contribution >= 4 is 23.9 Å². The molecule has 0 unspecified atom stereocenters. The molecular formula is C30H29NO9. The van der Waals surface area contributed by atoms with Crippen LogP contribution in [0.15, 0.2) is 91.2 Å². The first-order valence-electron chi connectivity index (χ1n) is 12.3. The van der Waals surface area contributed by atoms with E-state index in [9.17, 15) is 24.3 Å². The fourth-order valence-electron chi connectivity index (χ4n) is 3.30. The quantitative estimate of drug-likeness (QED) is 0.205. The van der Waals surface area contributed by atoms with Gasteiger partial charge in [-0.1, -0.05) is 49.0 Å². The lowest BCUT2D eigenvalue weighted by molar-refractivity contribution is -0.145. The summed E-state index contributed by atoms with van der Waals surface area (Å²) < 4.78 is 21.2. The van der Waals surface area contributed by atoms with Crippen LogP contribution in [0.25, 0.3) is 0 Å². The van der Waals surface area contributed by atoms with E-state index in [-0.39, 0.29) is 34.8 Å².